The molecule has 2 heterocycles. The number of pyridine rings is 1. The van der Waals surface area contributed by atoms with Crippen LogP contribution in [0.2, 0.25) is 0 Å². The highest BCUT2D eigenvalue weighted by Gasteiger charge is 2.19. The third kappa shape index (κ3) is 3.67. The van der Waals surface area contributed by atoms with Gasteiger partial charge in [-0.15, -0.1) is 0 Å². The van der Waals surface area contributed by atoms with Crippen molar-refractivity contribution in [2.24, 2.45) is 0 Å². The molecule has 1 aromatic carbocycles. The van der Waals surface area contributed by atoms with E-state index in [0.717, 1.165) is 30.6 Å². The summed E-state index contributed by atoms with van der Waals surface area (Å²) in [6.45, 7) is 0.766. The van der Waals surface area contributed by atoms with Crippen LogP contribution in [0.15, 0.2) is 48.7 Å². The van der Waals surface area contributed by atoms with E-state index >= 15 is 0 Å². The molecule has 1 aliphatic heterocycles. The van der Waals surface area contributed by atoms with Crippen LogP contribution in [0.1, 0.15) is 19.3 Å². The van der Waals surface area contributed by atoms with Crippen molar-refractivity contribution < 1.29 is 9.53 Å². The molecule has 0 bridgehead atoms. The van der Waals surface area contributed by atoms with Crippen LogP contribution in [-0.2, 0) is 9.53 Å². The molecule has 3 rings (SSSR count). The number of amides is 1. The summed E-state index contributed by atoms with van der Waals surface area (Å²) < 4.78 is 5.46. The molecule has 1 unspecified atom stereocenters. The van der Waals surface area contributed by atoms with Gasteiger partial charge in [-0.3, -0.25) is 4.79 Å². The van der Waals surface area contributed by atoms with E-state index in [1.54, 1.807) is 6.20 Å². The summed E-state index contributed by atoms with van der Waals surface area (Å²) in [6.07, 6.45) is 4.25. The predicted octanol–water partition coefficient (Wildman–Crippen LogP) is 3.26. The van der Waals surface area contributed by atoms with Crippen molar-refractivity contribution in [1.29, 1.82) is 0 Å². The summed E-state index contributed by atoms with van der Waals surface area (Å²) >= 11 is 0. The van der Waals surface area contributed by atoms with Crippen molar-refractivity contribution in [2.75, 3.05) is 11.9 Å². The molecule has 2 aromatic rings. The van der Waals surface area contributed by atoms with Gasteiger partial charge in [0.15, 0.2) is 0 Å². The Morgan fingerprint density at radius 1 is 1.19 bits per heavy atom. The molecule has 1 amide bonds. The smallest absolute Gasteiger partial charge is 0.228 e. The Morgan fingerprint density at radius 3 is 2.71 bits per heavy atom. The van der Waals surface area contributed by atoms with E-state index in [4.69, 9.17) is 4.74 Å². The lowest BCUT2D eigenvalue weighted by molar-refractivity contribution is -0.118. The number of nitrogens with zero attached hydrogens (tertiary/aromatic N) is 1. The fourth-order valence-corrected chi connectivity index (χ4v) is 2.48. The van der Waals surface area contributed by atoms with Gasteiger partial charge >= 0.3 is 0 Å². The minimum atomic E-state index is -0.0399. The molecule has 0 saturated carbocycles. The Hall–Kier alpha value is -2.20. The first-order chi connectivity index (χ1) is 10.3. The van der Waals surface area contributed by atoms with Crippen molar-refractivity contribution in [3.05, 3.63) is 48.7 Å². The molecule has 1 atom stereocenters. The Balaban J connectivity index is 1.60. The highest BCUT2D eigenvalue weighted by molar-refractivity contribution is 5.90. The predicted molar refractivity (Wildman–Crippen MR) is 81.9 cm³/mol. The third-order valence-electron chi connectivity index (χ3n) is 3.58. The van der Waals surface area contributed by atoms with Gasteiger partial charge in [-0.25, -0.2) is 4.98 Å². The van der Waals surface area contributed by atoms with Crippen LogP contribution in [-0.4, -0.2) is 23.6 Å². The molecule has 0 spiro atoms. The number of carbonyl (C=O) groups is 1. The van der Waals surface area contributed by atoms with Crippen molar-refractivity contribution in [2.45, 2.75) is 25.4 Å². The maximum Gasteiger partial charge on any atom is 0.228 e. The van der Waals surface area contributed by atoms with Gasteiger partial charge in [0.1, 0.15) is 5.82 Å². The summed E-state index contributed by atoms with van der Waals surface area (Å²) in [5.74, 6) is 0.541. The number of carbonyl (C=O) groups excluding carboxylic acids is 1. The first kappa shape index (κ1) is 13.8. The maximum atomic E-state index is 11.9. The lowest BCUT2D eigenvalue weighted by Gasteiger charge is -2.09. The normalized spacial score (nSPS) is 17.6. The summed E-state index contributed by atoms with van der Waals surface area (Å²) in [6, 6.07) is 13.8. The second kappa shape index (κ2) is 6.50. The van der Waals surface area contributed by atoms with E-state index < -0.39 is 0 Å². The van der Waals surface area contributed by atoms with Crippen LogP contribution in [0.3, 0.4) is 0 Å². The molecule has 4 heteroatoms. The quantitative estimate of drug-likeness (QED) is 0.936. The zero-order chi connectivity index (χ0) is 14.5. The molecule has 21 heavy (non-hydrogen) atoms. The van der Waals surface area contributed by atoms with Gasteiger partial charge in [-0.05, 0) is 30.5 Å². The first-order valence-electron chi connectivity index (χ1n) is 7.24. The topological polar surface area (TPSA) is 51.2 Å². The van der Waals surface area contributed by atoms with Gasteiger partial charge in [-0.2, -0.15) is 0 Å². The Kier molecular flexibility index (Phi) is 4.26. The number of anilines is 1. The minimum absolute atomic E-state index is 0.0399. The van der Waals surface area contributed by atoms with Gasteiger partial charge in [-0.1, -0.05) is 30.3 Å². The molecule has 4 nitrogen and oxygen atoms in total. The van der Waals surface area contributed by atoms with E-state index in [1.807, 2.05) is 42.5 Å². The number of nitrogens with one attached hydrogen (secondary N) is 1. The van der Waals surface area contributed by atoms with Crippen LogP contribution < -0.4 is 5.32 Å². The van der Waals surface area contributed by atoms with Gasteiger partial charge in [0.2, 0.25) is 5.91 Å². The number of ether oxygens (including phenoxy) is 1. The third-order valence-corrected chi connectivity index (χ3v) is 3.58. The molecule has 0 radical (unpaired) electrons. The van der Waals surface area contributed by atoms with Gasteiger partial charge < -0.3 is 10.1 Å². The van der Waals surface area contributed by atoms with Crippen molar-refractivity contribution in [3.63, 3.8) is 0 Å². The number of hydrogen-bond donors (Lipinski definition) is 1. The van der Waals surface area contributed by atoms with Crippen LogP contribution in [0.25, 0.3) is 11.1 Å². The summed E-state index contributed by atoms with van der Waals surface area (Å²) in [5, 5.41) is 2.82. The minimum Gasteiger partial charge on any atom is -0.378 e. The highest BCUT2D eigenvalue weighted by atomic mass is 16.5. The average molecular weight is 282 g/mol. The number of benzene rings is 1. The van der Waals surface area contributed by atoms with Crippen LogP contribution >= 0.6 is 0 Å². The van der Waals surface area contributed by atoms with Gasteiger partial charge in [0, 0.05) is 18.4 Å². The molecular weight excluding hydrogens is 264 g/mol. The molecule has 1 saturated heterocycles. The summed E-state index contributed by atoms with van der Waals surface area (Å²) in [4.78, 5) is 16.2. The Bertz CT molecular complexity index is 590. The molecule has 108 valence electrons. The summed E-state index contributed by atoms with van der Waals surface area (Å²) in [5.41, 5.74) is 2.15. The molecule has 1 aromatic heterocycles. The van der Waals surface area contributed by atoms with Crippen LogP contribution in [0.5, 0.6) is 0 Å². The first-order valence-corrected chi connectivity index (χ1v) is 7.24. The van der Waals surface area contributed by atoms with Crippen molar-refractivity contribution in [1.82, 2.24) is 4.98 Å². The second-order valence-electron chi connectivity index (χ2n) is 5.19. The zero-order valence-electron chi connectivity index (χ0n) is 11.8. The molecule has 0 aliphatic carbocycles. The monoisotopic (exact) mass is 282 g/mol. The maximum absolute atomic E-state index is 11.9. The molecular formula is C17H18N2O2. The van der Waals surface area contributed by atoms with E-state index in [1.165, 1.54) is 0 Å². The van der Waals surface area contributed by atoms with Crippen molar-refractivity contribution in [3.8, 4) is 11.1 Å². The number of hydrogen-bond acceptors (Lipinski definition) is 3. The van der Waals surface area contributed by atoms with E-state index in [0.29, 0.717) is 12.2 Å². The number of rotatable bonds is 4. The summed E-state index contributed by atoms with van der Waals surface area (Å²) in [7, 11) is 0. The second-order valence-corrected chi connectivity index (χ2v) is 5.19. The van der Waals surface area contributed by atoms with E-state index in [-0.39, 0.29) is 12.0 Å². The fraction of sp³-hybridized carbons (Fsp3) is 0.294. The molecule has 1 fully saturated rings. The fourth-order valence-electron chi connectivity index (χ4n) is 2.48. The lowest BCUT2D eigenvalue weighted by Crippen LogP contribution is -2.19. The Labute approximate surface area is 124 Å². The Morgan fingerprint density at radius 2 is 2.05 bits per heavy atom. The molecule has 1 aliphatic rings. The van der Waals surface area contributed by atoms with E-state index in [9.17, 15) is 4.79 Å². The largest absolute Gasteiger partial charge is 0.378 e. The zero-order valence-corrected chi connectivity index (χ0v) is 11.8. The van der Waals surface area contributed by atoms with Crippen LogP contribution in [0, 0.1) is 0 Å². The van der Waals surface area contributed by atoms with E-state index in [2.05, 4.69) is 10.3 Å². The number of aromatic nitrogens is 1. The van der Waals surface area contributed by atoms with Crippen LogP contribution in [0.4, 0.5) is 5.82 Å². The highest BCUT2D eigenvalue weighted by Crippen LogP contribution is 2.20. The van der Waals surface area contributed by atoms with Gasteiger partial charge in [0.25, 0.3) is 0 Å². The average Bonchev–Trinajstić information content (AvgIpc) is 3.02. The molecule has 1 N–H and O–H groups in total. The SMILES string of the molecule is O=C(CC1CCCO1)Nc1ccc(-c2ccccc2)cn1. The van der Waals surface area contributed by atoms with Crippen molar-refractivity contribution >= 4 is 11.7 Å². The van der Waals surface area contributed by atoms with Gasteiger partial charge in [0.05, 0.1) is 12.5 Å². The lowest BCUT2D eigenvalue weighted by atomic mass is 10.1. The standard InChI is InChI=1S/C17H18N2O2/c20-17(11-15-7-4-10-21-15)19-16-9-8-14(12-18-16)13-5-2-1-3-6-13/h1-3,5-6,8-9,12,15H,4,7,10-11H2,(H,18,19,20).